The van der Waals surface area contributed by atoms with Gasteiger partial charge in [0.1, 0.15) is 5.76 Å². The Morgan fingerprint density at radius 3 is 2.12 bits per heavy atom. The summed E-state index contributed by atoms with van der Waals surface area (Å²) in [4.78, 5) is 27.8. The first-order valence-corrected chi connectivity index (χ1v) is 10.9. The Bertz CT molecular complexity index is 1160. The number of hydrogen-bond acceptors (Lipinski definition) is 3. The molecule has 0 bridgehead atoms. The van der Waals surface area contributed by atoms with Crippen molar-refractivity contribution < 1.29 is 14.7 Å². The Balaban J connectivity index is 1.84. The van der Waals surface area contributed by atoms with Crippen molar-refractivity contribution in [3.63, 3.8) is 0 Å². The largest absolute Gasteiger partial charge is 0.507 e. The van der Waals surface area contributed by atoms with Crippen LogP contribution in [-0.2, 0) is 16.1 Å². The van der Waals surface area contributed by atoms with E-state index in [2.05, 4.69) is 13.8 Å². The van der Waals surface area contributed by atoms with E-state index in [1.165, 1.54) is 5.56 Å². The highest BCUT2D eigenvalue weighted by atomic mass is 16.3. The summed E-state index contributed by atoms with van der Waals surface area (Å²) >= 11 is 0. The fraction of sp³-hybridized carbons (Fsp3) is 0.214. The number of nitrogens with zero attached hydrogens (tertiary/aromatic N) is 1. The van der Waals surface area contributed by atoms with E-state index in [-0.39, 0.29) is 17.9 Å². The minimum absolute atomic E-state index is 0.132. The lowest BCUT2D eigenvalue weighted by Gasteiger charge is -2.26. The van der Waals surface area contributed by atoms with E-state index in [4.69, 9.17) is 0 Å². The number of likely N-dealkylation sites (tertiary alicyclic amines) is 1. The number of rotatable bonds is 5. The first kappa shape index (κ1) is 21.6. The molecule has 3 aromatic carbocycles. The topological polar surface area (TPSA) is 57.6 Å². The lowest BCUT2D eigenvalue weighted by Crippen LogP contribution is -2.29. The Kier molecular flexibility index (Phi) is 5.95. The average molecular weight is 426 g/mol. The fourth-order valence-corrected chi connectivity index (χ4v) is 4.10. The molecule has 1 unspecified atom stereocenters. The van der Waals surface area contributed by atoms with Crippen molar-refractivity contribution in [2.75, 3.05) is 0 Å². The zero-order chi connectivity index (χ0) is 22.8. The molecule has 3 aromatic rings. The van der Waals surface area contributed by atoms with Gasteiger partial charge in [-0.15, -0.1) is 0 Å². The number of carbonyl (C=O) groups is 2. The molecular formula is C28H27NO3. The molecule has 1 N–H and O–H groups in total. The number of benzene rings is 3. The molecule has 32 heavy (non-hydrogen) atoms. The van der Waals surface area contributed by atoms with E-state index in [0.717, 1.165) is 16.7 Å². The van der Waals surface area contributed by atoms with Crippen molar-refractivity contribution in [1.82, 2.24) is 4.90 Å². The summed E-state index contributed by atoms with van der Waals surface area (Å²) in [5, 5.41) is 11.1. The number of aryl methyl sites for hydroxylation is 1. The third-order valence-electron chi connectivity index (χ3n) is 5.98. The highest BCUT2D eigenvalue weighted by Crippen LogP contribution is 2.40. The lowest BCUT2D eigenvalue weighted by molar-refractivity contribution is -0.140. The quantitative estimate of drug-likeness (QED) is 0.322. The predicted octanol–water partition coefficient (Wildman–Crippen LogP) is 5.74. The number of hydrogen-bond donors (Lipinski definition) is 1. The van der Waals surface area contributed by atoms with Crippen LogP contribution in [0.2, 0.25) is 0 Å². The van der Waals surface area contributed by atoms with Crippen LogP contribution in [-0.4, -0.2) is 21.7 Å². The van der Waals surface area contributed by atoms with Crippen LogP contribution in [0.1, 0.15) is 53.6 Å². The van der Waals surface area contributed by atoms with Gasteiger partial charge in [0.15, 0.2) is 0 Å². The molecule has 4 heteroatoms. The van der Waals surface area contributed by atoms with Crippen molar-refractivity contribution in [2.45, 2.75) is 39.3 Å². The molecule has 0 aliphatic carbocycles. The van der Waals surface area contributed by atoms with Crippen LogP contribution < -0.4 is 0 Å². The van der Waals surface area contributed by atoms with Crippen molar-refractivity contribution >= 4 is 17.4 Å². The van der Waals surface area contributed by atoms with Gasteiger partial charge >= 0.3 is 0 Å². The predicted molar refractivity (Wildman–Crippen MR) is 126 cm³/mol. The van der Waals surface area contributed by atoms with Gasteiger partial charge in [0.25, 0.3) is 11.7 Å². The normalized spacial score (nSPS) is 17.9. The Labute approximate surface area is 188 Å². The number of carbonyl (C=O) groups excluding carboxylic acids is 2. The second-order valence-electron chi connectivity index (χ2n) is 8.60. The maximum atomic E-state index is 13.1. The Hall–Kier alpha value is -3.66. The number of amides is 1. The average Bonchev–Trinajstić information content (AvgIpc) is 3.05. The summed E-state index contributed by atoms with van der Waals surface area (Å²) in [5.41, 5.74) is 4.61. The highest BCUT2D eigenvalue weighted by Gasteiger charge is 2.46. The molecule has 162 valence electrons. The monoisotopic (exact) mass is 425 g/mol. The van der Waals surface area contributed by atoms with Crippen LogP contribution >= 0.6 is 0 Å². The van der Waals surface area contributed by atoms with Crippen molar-refractivity contribution in [1.29, 1.82) is 0 Å². The van der Waals surface area contributed by atoms with Gasteiger partial charge in [-0.2, -0.15) is 0 Å². The maximum absolute atomic E-state index is 13.1. The molecule has 1 amide bonds. The molecule has 0 radical (unpaired) electrons. The van der Waals surface area contributed by atoms with Gasteiger partial charge in [-0.05, 0) is 29.5 Å². The van der Waals surface area contributed by atoms with E-state index in [0.29, 0.717) is 11.5 Å². The van der Waals surface area contributed by atoms with Crippen molar-refractivity contribution in [3.8, 4) is 0 Å². The molecule has 0 spiro atoms. The van der Waals surface area contributed by atoms with Crippen LogP contribution in [0.3, 0.4) is 0 Å². The Morgan fingerprint density at radius 2 is 1.53 bits per heavy atom. The van der Waals surface area contributed by atoms with Crippen LogP contribution in [0.4, 0.5) is 0 Å². The zero-order valence-corrected chi connectivity index (χ0v) is 18.6. The first-order chi connectivity index (χ1) is 15.4. The minimum Gasteiger partial charge on any atom is -0.507 e. The third-order valence-corrected chi connectivity index (χ3v) is 5.98. The van der Waals surface area contributed by atoms with Crippen LogP contribution in [0.15, 0.2) is 84.4 Å². The summed E-state index contributed by atoms with van der Waals surface area (Å²) in [6.45, 7) is 6.48. The van der Waals surface area contributed by atoms with E-state index >= 15 is 0 Å². The standard InChI is InChI=1S/C28H27NO3/c1-18(2)21-13-15-22(16-14-21)25-24(26(30)23-11-9-19(3)10-12-23)27(31)28(32)29(25)17-20-7-5-4-6-8-20/h4-16,18,25,30H,17H2,1-3H3/b26-24-. The van der Waals surface area contributed by atoms with Crippen LogP contribution in [0.5, 0.6) is 0 Å². The van der Waals surface area contributed by atoms with E-state index in [1.807, 2.05) is 73.7 Å². The molecular weight excluding hydrogens is 398 g/mol. The molecule has 1 heterocycles. The molecule has 1 saturated heterocycles. The second-order valence-corrected chi connectivity index (χ2v) is 8.60. The van der Waals surface area contributed by atoms with E-state index in [1.54, 1.807) is 17.0 Å². The smallest absolute Gasteiger partial charge is 0.295 e. The molecule has 0 saturated carbocycles. The number of Topliss-reactive ketones (excluding diaryl/α,β-unsaturated/α-hetero) is 1. The molecule has 0 aromatic heterocycles. The second kappa shape index (κ2) is 8.83. The van der Waals surface area contributed by atoms with E-state index in [9.17, 15) is 14.7 Å². The SMILES string of the molecule is Cc1ccc(/C(O)=C2/C(=O)C(=O)N(Cc3ccccc3)C2c2ccc(C(C)C)cc2)cc1. The van der Waals surface area contributed by atoms with E-state index < -0.39 is 17.7 Å². The molecule has 1 atom stereocenters. The van der Waals surface area contributed by atoms with Crippen LogP contribution in [0.25, 0.3) is 5.76 Å². The number of aliphatic hydroxyl groups excluding tert-OH is 1. The molecule has 1 fully saturated rings. The van der Waals surface area contributed by atoms with Gasteiger partial charge in [-0.1, -0.05) is 98.3 Å². The highest BCUT2D eigenvalue weighted by molar-refractivity contribution is 6.46. The third kappa shape index (κ3) is 4.09. The van der Waals surface area contributed by atoms with Crippen LogP contribution in [0, 0.1) is 6.92 Å². The van der Waals surface area contributed by atoms with Crippen molar-refractivity contribution in [2.24, 2.45) is 0 Å². The minimum atomic E-state index is -0.656. The van der Waals surface area contributed by atoms with Gasteiger partial charge in [0.05, 0.1) is 11.6 Å². The summed E-state index contributed by atoms with van der Waals surface area (Å²) in [5.74, 6) is -1.03. The number of aliphatic hydroxyl groups is 1. The molecule has 1 aliphatic heterocycles. The summed E-state index contributed by atoms with van der Waals surface area (Å²) in [6, 6.07) is 24.2. The summed E-state index contributed by atoms with van der Waals surface area (Å²) < 4.78 is 0. The summed E-state index contributed by atoms with van der Waals surface area (Å²) in [6.07, 6.45) is 0. The van der Waals surface area contributed by atoms with Gasteiger partial charge in [0.2, 0.25) is 0 Å². The van der Waals surface area contributed by atoms with Gasteiger partial charge in [0, 0.05) is 12.1 Å². The molecule has 1 aliphatic rings. The maximum Gasteiger partial charge on any atom is 0.295 e. The van der Waals surface area contributed by atoms with Gasteiger partial charge < -0.3 is 10.0 Å². The first-order valence-electron chi connectivity index (χ1n) is 10.9. The molecule has 4 rings (SSSR count). The summed E-state index contributed by atoms with van der Waals surface area (Å²) in [7, 11) is 0. The van der Waals surface area contributed by atoms with Crippen molar-refractivity contribution in [3.05, 3.63) is 112 Å². The number of ketones is 1. The van der Waals surface area contributed by atoms with Gasteiger partial charge in [-0.3, -0.25) is 9.59 Å². The lowest BCUT2D eigenvalue weighted by atomic mass is 9.93. The van der Waals surface area contributed by atoms with Gasteiger partial charge in [-0.25, -0.2) is 0 Å². The fourth-order valence-electron chi connectivity index (χ4n) is 4.10. The zero-order valence-electron chi connectivity index (χ0n) is 18.6. The molecule has 4 nitrogen and oxygen atoms in total. The Morgan fingerprint density at radius 1 is 0.906 bits per heavy atom.